The van der Waals surface area contributed by atoms with Crippen molar-refractivity contribution in [3.63, 3.8) is 0 Å². The van der Waals surface area contributed by atoms with Gasteiger partial charge in [0.1, 0.15) is 5.60 Å². The van der Waals surface area contributed by atoms with Gasteiger partial charge in [-0.15, -0.1) is 0 Å². The van der Waals surface area contributed by atoms with Crippen LogP contribution < -0.4 is 0 Å². The van der Waals surface area contributed by atoms with Crippen LogP contribution in [0.25, 0.3) is 0 Å². The Hall–Kier alpha value is -0.420. The molecule has 0 aromatic carbocycles. The zero-order valence-corrected chi connectivity index (χ0v) is 10.7. The molecule has 1 fully saturated rings. The standard InChI is InChI=1S/C8H14O4S.C2H6/c1-7(9)8(12-2)3-5-13(10,11)6-4-8;1-2/h3-6H2,1-2H3;1-2H3. The van der Waals surface area contributed by atoms with Crippen molar-refractivity contribution in [3.8, 4) is 0 Å². The van der Waals surface area contributed by atoms with Crippen molar-refractivity contribution < 1.29 is 17.9 Å². The maximum Gasteiger partial charge on any atom is 0.161 e. The zero-order valence-electron chi connectivity index (χ0n) is 9.87. The van der Waals surface area contributed by atoms with Crippen LogP contribution in [0.2, 0.25) is 0 Å². The van der Waals surface area contributed by atoms with Crippen molar-refractivity contribution in [1.29, 1.82) is 0 Å². The third kappa shape index (κ3) is 3.57. The van der Waals surface area contributed by atoms with E-state index in [9.17, 15) is 13.2 Å². The summed E-state index contributed by atoms with van der Waals surface area (Å²) in [5.74, 6) is 0.0331. The predicted molar refractivity (Wildman–Crippen MR) is 59.7 cm³/mol. The Labute approximate surface area is 91.9 Å². The topological polar surface area (TPSA) is 60.4 Å². The molecule has 0 amide bonds. The van der Waals surface area contributed by atoms with Gasteiger partial charge in [-0.1, -0.05) is 13.8 Å². The molecule has 1 saturated heterocycles. The lowest BCUT2D eigenvalue weighted by atomic mass is 9.92. The quantitative estimate of drug-likeness (QED) is 0.722. The fraction of sp³-hybridized carbons (Fsp3) is 0.900. The van der Waals surface area contributed by atoms with Crippen LogP contribution in [0.15, 0.2) is 0 Å². The van der Waals surface area contributed by atoms with Crippen LogP contribution in [0.1, 0.15) is 33.6 Å². The first-order chi connectivity index (χ1) is 6.92. The Bertz CT molecular complexity index is 291. The highest BCUT2D eigenvalue weighted by Gasteiger charge is 2.41. The average Bonchev–Trinajstić information content (AvgIpc) is 2.21. The summed E-state index contributed by atoms with van der Waals surface area (Å²) >= 11 is 0. The fourth-order valence-corrected chi connectivity index (χ4v) is 3.05. The molecule has 0 atom stereocenters. The number of carbonyl (C=O) groups excluding carboxylic acids is 1. The first-order valence-electron chi connectivity index (χ1n) is 5.18. The molecule has 0 saturated carbocycles. The number of carbonyl (C=O) groups is 1. The molecule has 0 aliphatic carbocycles. The average molecular weight is 236 g/mol. The second-order valence-electron chi connectivity index (χ2n) is 3.41. The molecule has 1 aliphatic rings. The summed E-state index contributed by atoms with van der Waals surface area (Å²) in [4.78, 5) is 11.2. The number of ketones is 1. The number of Topliss-reactive ketones (excluding diaryl/α,β-unsaturated/α-hetero) is 1. The highest BCUT2D eigenvalue weighted by atomic mass is 32.2. The van der Waals surface area contributed by atoms with E-state index in [2.05, 4.69) is 0 Å². The van der Waals surface area contributed by atoms with E-state index in [1.165, 1.54) is 14.0 Å². The van der Waals surface area contributed by atoms with Crippen LogP contribution in [0, 0.1) is 0 Å². The summed E-state index contributed by atoms with van der Waals surface area (Å²) in [5.41, 5.74) is -0.842. The van der Waals surface area contributed by atoms with E-state index in [0.717, 1.165) is 0 Å². The number of hydrogen-bond donors (Lipinski definition) is 0. The smallest absolute Gasteiger partial charge is 0.161 e. The van der Waals surface area contributed by atoms with Crippen LogP contribution in [0.3, 0.4) is 0 Å². The van der Waals surface area contributed by atoms with E-state index in [1.807, 2.05) is 13.8 Å². The van der Waals surface area contributed by atoms with Crippen molar-refractivity contribution in [2.24, 2.45) is 0 Å². The maximum atomic E-state index is 11.2. The van der Waals surface area contributed by atoms with Crippen molar-refractivity contribution in [3.05, 3.63) is 0 Å². The van der Waals surface area contributed by atoms with Gasteiger partial charge in [-0.05, 0) is 19.8 Å². The minimum atomic E-state index is -2.93. The molecule has 0 aromatic heterocycles. The SMILES string of the molecule is CC.COC1(C(C)=O)CCS(=O)(=O)CC1. The van der Waals surface area contributed by atoms with Gasteiger partial charge in [0.15, 0.2) is 15.6 Å². The molecular weight excluding hydrogens is 216 g/mol. The van der Waals surface area contributed by atoms with Gasteiger partial charge in [-0.25, -0.2) is 8.42 Å². The van der Waals surface area contributed by atoms with E-state index in [1.54, 1.807) is 0 Å². The van der Waals surface area contributed by atoms with E-state index < -0.39 is 15.4 Å². The van der Waals surface area contributed by atoms with Crippen LogP contribution in [0.4, 0.5) is 0 Å². The summed E-state index contributed by atoms with van der Waals surface area (Å²) < 4.78 is 27.3. The summed E-state index contributed by atoms with van der Waals surface area (Å²) in [6.07, 6.45) is 0.586. The van der Waals surface area contributed by atoms with Gasteiger partial charge >= 0.3 is 0 Å². The molecule has 0 spiro atoms. The molecule has 15 heavy (non-hydrogen) atoms. The summed E-state index contributed by atoms with van der Waals surface area (Å²) in [5, 5.41) is 0. The molecule has 0 radical (unpaired) electrons. The van der Waals surface area contributed by atoms with Gasteiger partial charge in [-0.3, -0.25) is 4.79 Å². The van der Waals surface area contributed by atoms with Gasteiger partial charge in [0, 0.05) is 7.11 Å². The Balaban J connectivity index is 0.000000921. The number of hydrogen-bond acceptors (Lipinski definition) is 4. The first-order valence-corrected chi connectivity index (χ1v) is 7.01. The van der Waals surface area contributed by atoms with Crippen LogP contribution >= 0.6 is 0 Å². The predicted octanol–water partition coefficient (Wildman–Crippen LogP) is 1.20. The molecule has 1 heterocycles. The summed E-state index contributed by atoms with van der Waals surface area (Å²) in [6, 6.07) is 0. The van der Waals surface area contributed by atoms with E-state index >= 15 is 0 Å². The van der Waals surface area contributed by atoms with E-state index in [4.69, 9.17) is 4.74 Å². The van der Waals surface area contributed by atoms with Gasteiger partial charge in [0.2, 0.25) is 0 Å². The lowest BCUT2D eigenvalue weighted by Gasteiger charge is -2.33. The highest BCUT2D eigenvalue weighted by molar-refractivity contribution is 7.91. The van der Waals surface area contributed by atoms with Crippen LogP contribution in [-0.2, 0) is 19.4 Å². The van der Waals surface area contributed by atoms with Gasteiger partial charge in [-0.2, -0.15) is 0 Å². The first kappa shape index (κ1) is 14.6. The lowest BCUT2D eigenvalue weighted by Crippen LogP contribution is -2.46. The third-order valence-corrected chi connectivity index (χ3v) is 4.32. The minimum Gasteiger partial charge on any atom is -0.370 e. The largest absolute Gasteiger partial charge is 0.370 e. The number of rotatable bonds is 2. The monoisotopic (exact) mass is 236 g/mol. The maximum absolute atomic E-state index is 11.2. The van der Waals surface area contributed by atoms with Crippen molar-refractivity contribution in [2.75, 3.05) is 18.6 Å². The number of ether oxygens (including phenoxy) is 1. The second kappa shape index (κ2) is 5.61. The Morgan fingerprint density at radius 2 is 1.60 bits per heavy atom. The zero-order chi connectivity index (χ0) is 12.1. The fourth-order valence-electron chi connectivity index (χ4n) is 1.57. The number of sulfone groups is 1. The van der Waals surface area contributed by atoms with E-state index in [-0.39, 0.29) is 17.3 Å². The Kier molecular flexibility index (Phi) is 5.45. The molecule has 4 nitrogen and oxygen atoms in total. The molecular formula is C10H20O4S. The summed E-state index contributed by atoms with van der Waals surface area (Å²) in [7, 11) is -1.47. The minimum absolute atomic E-state index is 0.0560. The molecule has 0 aromatic rings. The Morgan fingerprint density at radius 3 is 1.87 bits per heavy atom. The van der Waals surface area contributed by atoms with Crippen molar-refractivity contribution in [1.82, 2.24) is 0 Å². The molecule has 0 N–H and O–H groups in total. The molecule has 0 unspecified atom stereocenters. The molecule has 1 aliphatic heterocycles. The van der Waals surface area contributed by atoms with Crippen LogP contribution in [-0.4, -0.2) is 38.4 Å². The lowest BCUT2D eigenvalue weighted by molar-refractivity contribution is -0.139. The van der Waals surface area contributed by atoms with Gasteiger partial charge < -0.3 is 4.74 Å². The van der Waals surface area contributed by atoms with Crippen LogP contribution in [0.5, 0.6) is 0 Å². The molecule has 0 bridgehead atoms. The van der Waals surface area contributed by atoms with Crippen molar-refractivity contribution in [2.45, 2.75) is 39.2 Å². The third-order valence-electron chi connectivity index (χ3n) is 2.67. The van der Waals surface area contributed by atoms with Gasteiger partial charge in [0.25, 0.3) is 0 Å². The van der Waals surface area contributed by atoms with Crippen molar-refractivity contribution >= 4 is 15.6 Å². The summed E-state index contributed by atoms with van der Waals surface area (Å²) in [6.45, 7) is 5.45. The Morgan fingerprint density at radius 1 is 1.20 bits per heavy atom. The molecule has 5 heteroatoms. The van der Waals surface area contributed by atoms with Gasteiger partial charge in [0.05, 0.1) is 11.5 Å². The normalized spacial score (nSPS) is 22.4. The van der Waals surface area contributed by atoms with E-state index in [0.29, 0.717) is 12.8 Å². The highest BCUT2D eigenvalue weighted by Crippen LogP contribution is 2.27. The molecule has 90 valence electrons. The molecule has 1 rings (SSSR count). The number of methoxy groups -OCH3 is 1. The second-order valence-corrected chi connectivity index (χ2v) is 5.71.